The van der Waals surface area contributed by atoms with Crippen molar-refractivity contribution in [3.63, 3.8) is 0 Å². The SMILES string of the molecule is CCC1CCC(CNC(=O)c2ccnc(NC)c2F)CC1. The molecule has 21 heavy (non-hydrogen) atoms. The number of anilines is 1. The van der Waals surface area contributed by atoms with Gasteiger partial charge in [0.05, 0.1) is 5.56 Å². The molecule has 0 bridgehead atoms. The first-order valence-corrected chi connectivity index (χ1v) is 7.76. The Morgan fingerprint density at radius 2 is 2.00 bits per heavy atom. The van der Waals surface area contributed by atoms with Crippen molar-refractivity contribution in [2.24, 2.45) is 11.8 Å². The van der Waals surface area contributed by atoms with E-state index in [2.05, 4.69) is 22.5 Å². The number of hydrogen-bond donors (Lipinski definition) is 2. The van der Waals surface area contributed by atoms with E-state index < -0.39 is 5.82 Å². The van der Waals surface area contributed by atoms with Crippen LogP contribution in [0.25, 0.3) is 0 Å². The maximum Gasteiger partial charge on any atom is 0.254 e. The van der Waals surface area contributed by atoms with Gasteiger partial charge in [-0.1, -0.05) is 26.2 Å². The Hall–Kier alpha value is -1.65. The topological polar surface area (TPSA) is 54.0 Å². The maximum absolute atomic E-state index is 14.0. The molecule has 1 aliphatic carbocycles. The average Bonchev–Trinajstić information content (AvgIpc) is 2.53. The van der Waals surface area contributed by atoms with Crippen molar-refractivity contribution in [1.29, 1.82) is 0 Å². The summed E-state index contributed by atoms with van der Waals surface area (Å²) in [4.78, 5) is 15.9. The van der Waals surface area contributed by atoms with Gasteiger partial charge >= 0.3 is 0 Å². The molecule has 1 aromatic rings. The van der Waals surface area contributed by atoms with E-state index in [-0.39, 0.29) is 17.3 Å². The van der Waals surface area contributed by atoms with E-state index in [4.69, 9.17) is 0 Å². The molecule has 1 heterocycles. The summed E-state index contributed by atoms with van der Waals surface area (Å²) in [5.74, 6) is 0.514. The minimum atomic E-state index is -0.591. The van der Waals surface area contributed by atoms with Crippen molar-refractivity contribution >= 4 is 11.7 Å². The molecule has 116 valence electrons. The minimum absolute atomic E-state index is 0.0524. The molecule has 1 fully saturated rings. The number of halogens is 1. The Labute approximate surface area is 125 Å². The standard InChI is InChI=1S/C16H24FN3O/c1-3-11-4-6-12(7-5-11)10-20-16(21)13-8-9-19-15(18-2)14(13)17/h8-9,11-12H,3-7,10H2,1-2H3,(H,18,19)(H,20,21). The molecule has 0 atom stereocenters. The van der Waals surface area contributed by atoms with Gasteiger partial charge in [-0.3, -0.25) is 4.79 Å². The molecule has 0 aromatic carbocycles. The lowest BCUT2D eigenvalue weighted by Crippen LogP contribution is -2.32. The third-order valence-corrected chi connectivity index (χ3v) is 4.47. The fourth-order valence-corrected chi connectivity index (χ4v) is 2.97. The number of rotatable bonds is 5. The van der Waals surface area contributed by atoms with E-state index in [0.29, 0.717) is 12.5 Å². The van der Waals surface area contributed by atoms with E-state index in [1.807, 2.05) is 0 Å². The highest BCUT2D eigenvalue weighted by molar-refractivity contribution is 5.95. The van der Waals surface area contributed by atoms with E-state index in [1.54, 1.807) is 7.05 Å². The number of carbonyl (C=O) groups is 1. The zero-order valence-corrected chi connectivity index (χ0v) is 12.8. The van der Waals surface area contributed by atoms with E-state index in [0.717, 1.165) is 18.8 Å². The molecule has 0 radical (unpaired) electrons. The molecule has 0 unspecified atom stereocenters. The highest BCUT2D eigenvalue weighted by Gasteiger charge is 2.21. The summed E-state index contributed by atoms with van der Waals surface area (Å²) in [6.45, 7) is 2.87. The summed E-state index contributed by atoms with van der Waals surface area (Å²) in [6, 6.07) is 1.42. The van der Waals surface area contributed by atoms with Gasteiger partial charge in [-0.05, 0) is 30.7 Å². The zero-order valence-electron chi connectivity index (χ0n) is 12.8. The molecule has 2 rings (SSSR count). The third-order valence-electron chi connectivity index (χ3n) is 4.47. The molecule has 0 saturated heterocycles. The van der Waals surface area contributed by atoms with E-state index in [9.17, 15) is 9.18 Å². The first kappa shape index (κ1) is 15.7. The molecule has 1 amide bonds. The van der Waals surface area contributed by atoms with Crippen LogP contribution in [0.3, 0.4) is 0 Å². The van der Waals surface area contributed by atoms with Crippen LogP contribution in [0.15, 0.2) is 12.3 Å². The molecule has 1 aliphatic rings. The number of aromatic nitrogens is 1. The first-order valence-electron chi connectivity index (χ1n) is 7.76. The Morgan fingerprint density at radius 3 is 2.62 bits per heavy atom. The van der Waals surface area contributed by atoms with Gasteiger partial charge in [0, 0.05) is 19.8 Å². The Balaban J connectivity index is 1.88. The predicted octanol–water partition coefficient (Wildman–Crippen LogP) is 3.21. The molecule has 1 aromatic heterocycles. The maximum atomic E-state index is 14.0. The van der Waals surface area contributed by atoms with Gasteiger partial charge in [0.1, 0.15) is 0 Å². The van der Waals surface area contributed by atoms with Gasteiger partial charge in [0.2, 0.25) is 0 Å². The molecule has 5 heteroatoms. The smallest absolute Gasteiger partial charge is 0.254 e. The Bertz CT molecular complexity index is 484. The van der Waals surface area contributed by atoms with Gasteiger partial charge in [0.15, 0.2) is 11.6 Å². The number of amides is 1. The fourth-order valence-electron chi connectivity index (χ4n) is 2.97. The zero-order chi connectivity index (χ0) is 15.2. The highest BCUT2D eigenvalue weighted by atomic mass is 19.1. The summed E-state index contributed by atoms with van der Waals surface area (Å²) in [5, 5.41) is 5.50. The third kappa shape index (κ3) is 3.93. The highest BCUT2D eigenvalue weighted by Crippen LogP contribution is 2.30. The van der Waals surface area contributed by atoms with Crippen LogP contribution < -0.4 is 10.6 Å². The molecular weight excluding hydrogens is 269 g/mol. The molecule has 0 aliphatic heterocycles. The Kier molecular flexibility index (Phi) is 5.53. The van der Waals surface area contributed by atoms with E-state index >= 15 is 0 Å². The predicted molar refractivity (Wildman–Crippen MR) is 81.8 cm³/mol. The second-order valence-electron chi connectivity index (χ2n) is 5.78. The van der Waals surface area contributed by atoms with Crippen molar-refractivity contribution in [2.45, 2.75) is 39.0 Å². The lowest BCUT2D eigenvalue weighted by molar-refractivity contribution is 0.0937. The normalized spacial score (nSPS) is 21.9. The van der Waals surface area contributed by atoms with Gasteiger partial charge in [-0.15, -0.1) is 0 Å². The van der Waals surface area contributed by atoms with Crippen LogP contribution in [0.4, 0.5) is 10.2 Å². The fraction of sp³-hybridized carbons (Fsp3) is 0.625. The largest absolute Gasteiger partial charge is 0.371 e. The van der Waals surface area contributed by atoms with Crippen LogP contribution in [-0.4, -0.2) is 24.5 Å². The lowest BCUT2D eigenvalue weighted by Gasteiger charge is -2.27. The van der Waals surface area contributed by atoms with Crippen LogP contribution in [0.1, 0.15) is 49.4 Å². The number of hydrogen-bond acceptors (Lipinski definition) is 3. The second kappa shape index (κ2) is 7.38. The van der Waals surface area contributed by atoms with Crippen molar-refractivity contribution in [3.05, 3.63) is 23.6 Å². The summed E-state index contributed by atoms with van der Waals surface area (Å²) in [7, 11) is 1.58. The van der Waals surface area contributed by atoms with Crippen LogP contribution in [-0.2, 0) is 0 Å². The van der Waals surface area contributed by atoms with Gasteiger partial charge in [0.25, 0.3) is 5.91 Å². The second-order valence-corrected chi connectivity index (χ2v) is 5.78. The monoisotopic (exact) mass is 293 g/mol. The molecule has 0 spiro atoms. The summed E-state index contributed by atoms with van der Waals surface area (Å²) >= 11 is 0. The van der Waals surface area contributed by atoms with Crippen LogP contribution in [0, 0.1) is 17.7 Å². The van der Waals surface area contributed by atoms with Crippen LogP contribution >= 0.6 is 0 Å². The minimum Gasteiger partial charge on any atom is -0.371 e. The summed E-state index contributed by atoms with van der Waals surface area (Å²) in [6.07, 6.45) is 7.47. The van der Waals surface area contributed by atoms with Gasteiger partial charge in [-0.2, -0.15) is 0 Å². The van der Waals surface area contributed by atoms with Crippen LogP contribution in [0.2, 0.25) is 0 Å². The molecule has 1 saturated carbocycles. The summed E-state index contributed by atoms with van der Waals surface area (Å²) < 4.78 is 14.0. The number of pyridine rings is 1. The quantitative estimate of drug-likeness (QED) is 0.876. The summed E-state index contributed by atoms with van der Waals surface area (Å²) in [5.41, 5.74) is 0.0524. The number of nitrogens with zero attached hydrogens (tertiary/aromatic N) is 1. The van der Waals surface area contributed by atoms with Crippen molar-refractivity contribution in [3.8, 4) is 0 Å². The van der Waals surface area contributed by atoms with Crippen molar-refractivity contribution in [1.82, 2.24) is 10.3 Å². The average molecular weight is 293 g/mol. The molecule has 4 nitrogen and oxygen atoms in total. The number of carbonyl (C=O) groups excluding carboxylic acids is 1. The Morgan fingerprint density at radius 1 is 1.33 bits per heavy atom. The number of nitrogens with one attached hydrogen (secondary N) is 2. The lowest BCUT2D eigenvalue weighted by atomic mass is 9.81. The van der Waals surface area contributed by atoms with Crippen LogP contribution in [0.5, 0.6) is 0 Å². The van der Waals surface area contributed by atoms with Gasteiger partial charge in [-0.25, -0.2) is 9.37 Å². The molecular formula is C16H24FN3O. The van der Waals surface area contributed by atoms with Crippen molar-refractivity contribution in [2.75, 3.05) is 18.9 Å². The van der Waals surface area contributed by atoms with Crippen molar-refractivity contribution < 1.29 is 9.18 Å². The van der Waals surface area contributed by atoms with Gasteiger partial charge < -0.3 is 10.6 Å². The molecule has 2 N–H and O–H groups in total. The first-order chi connectivity index (χ1) is 10.2. The van der Waals surface area contributed by atoms with E-state index in [1.165, 1.54) is 31.5 Å².